The monoisotopic (exact) mass is 302 g/mol. The van der Waals surface area contributed by atoms with Crippen molar-refractivity contribution in [2.24, 2.45) is 0 Å². The number of aromatic nitrogens is 2. The minimum absolute atomic E-state index is 0.155. The number of hydrogen-bond acceptors (Lipinski definition) is 5. The lowest BCUT2D eigenvalue weighted by atomic mass is 10.0. The second-order valence-corrected chi connectivity index (χ2v) is 5.73. The molecule has 0 saturated heterocycles. The van der Waals surface area contributed by atoms with Crippen LogP contribution < -0.4 is 0 Å². The van der Waals surface area contributed by atoms with Gasteiger partial charge in [0.05, 0.1) is 0 Å². The maximum Gasteiger partial charge on any atom is 0.259 e. The molecule has 1 aliphatic carbocycles. The van der Waals surface area contributed by atoms with E-state index in [9.17, 15) is 0 Å². The summed E-state index contributed by atoms with van der Waals surface area (Å²) in [5.74, 6) is 1.19. The first kappa shape index (κ1) is 15.2. The summed E-state index contributed by atoms with van der Waals surface area (Å²) in [4.78, 5) is 4.58. The third-order valence-electron chi connectivity index (χ3n) is 4.26. The van der Waals surface area contributed by atoms with Crippen molar-refractivity contribution in [2.45, 2.75) is 44.6 Å². The van der Waals surface area contributed by atoms with Gasteiger partial charge in [-0.25, -0.2) is 0 Å². The Morgan fingerprint density at radius 3 is 2.59 bits per heavy atom. The fraction of sp³-hybridized carbons (Fsp3) is 0.529. The summed E-state index contributed by atoms with van der Waals surface area (Å²) in [5, 5.41) is 13.1. The molecule has 0 aliphatic heterocycles. The van der Waals surface area contributed by atoms with Gasteiger partial charge < -0.3 is 14.4 Å². The second-order valence-electron chi connectivity index (χ2n) is 5.73. The SMILES string of the molecule is CCOC1(c2nc(-c3ccc(CCO)cc3)no2)CCCC1. The molecular formula is C17H22N2O3. The molecule has 22 heavy (non-hydrogen) atoms. The van der Waals surface area contributed by atoms with Crippen molar-refractivity contribution in [3.63, 3.8) is 0 Å². The van der Waals surface area contributed by atoms with Crippen molar-refractivity contribution in [1.82, 2.24) is 10.1 Å². The van der Waals surface area contributed by atoms with Crippen LogP contribution in [0.1, 0.15) is 44.1 Å². The van der Waals surface area contributed by atoms with Crippen molar-refractivity contribution in [2.75, 3.05) is 13.2 Å². The molecule has 0 amide bonds. The van der Waals surface area contributed by atoms with Gasteiger partial charge in [-0.05, 0) is 44.6 Å². The molecular weight excluding hydrogens is 280 g/mol. The molecule has 1 aromatic heterocycles. The molecule has 1 fully saturated rings. The summed E-state index contributed by atoms with van der Waals surface area (Å²) in [6.45, 7) is 2.80. The molecule has 1 heterocycles. The zero-order valence-electron chi connectivity index (χ0n) is 12.9. The van der Waals surface area contributed by atoms with E-state index in [2.05, 4.69) is 10.1 Å². The normalized spacial score (nSPS) is 17.0. The van der Waals surface area contributed by atoms with Crippen LogP contribution in [0.3, 0.4) is 0 Å². The molecule has 2 aromatic rings. The highest BCUT2D eigenvalue weighted by molar-refractivity contribution is 5.54. The van der Waals surface area contributed by atoms with E-state index in [4.69, 9.17) is 14.4 Å². The molecule has 1 aliphatic rings. The Morgan fingerprint density at radius 2 is 1.95 bits per heavy atom. The van der Waals surface area contributed by atoms with Gasteiger partial charge >= 0.3 is 0 Å². The number of aliphatic hydroxyl groups excluding tert-OH is 1. The predicted molar refractivity (Wildman–Crippen MR) is 82.3 cm³/mol. The lowest BCUT2D eigenvalue weighted by Crippen LogP contribution is -2.26. The first-order valence-corrected chi connectivity index (χ1v) is 7.96. The zero-order valence-corrected chi connectivity index (χ0v) is 12.9. The van der Waals surface area contributed by atoms with Crippen molar-refractivity contribution in [1.29, 1.82) is 0 Å². The molecule has 1 saturated carbocycles. The quantitative estimate of drug-likeness (QED) is 0.888. The Labute approximate surface area is 130 Å². The van der Waals surface area contributed by atoms with E-state index < -0.39 is 5.60 Å². The summed E-state index contributed by atoms with van der Waals surface area (Å²) >= 11 is 0. The molecule has 5 nitrogen and oxygen atoms in total. The molecule has 1 N–H and O–H groups in total. The smallest absolute Gasteiger partial charge is 0.259 e. The third kappa shape index (κ3) is 2.91. The van der Waals surface area contributed by atoms with Gasteiger partial charge in [0.15, 0.2) is 0 Å². The molecule has 0 spiro atoms. The van der Waals surface area contributed by atoms with Gasteiger partial charge in [0, 0.05) is 18.8 Å². The highest BCUT2D eigenvalue weighted by Crippen LogP contribution is 2.41. The van der Waals surface area contributed by atoms with Crippen LogP contribution in [0.2, 0.25) is 0 Å². The number of ether oxygens (including phenoxy) is 1. The number of rotatable bonds is 6. The lowest BCUT2D eigenvalue weighted by Gasteiger charge is -2.24. The first-order valence-electron chi connectivity index (χ1n) is 7.96. The van der Waals surface area contributed by atoms with Gasteiger partial charge in [-0.1, -0.05) is 29.4 Å². The second kappa shape index (κ2) is 6.58. The first-order chi connectivity index (χ1) is 10.8. The topological polar surface area (TPSA) is 68.4 Å². The molecule has 0 bridgehead atoms. The van der Waals surface area contributed by atoms with Crippen molar-refractivity contribution >= 4 is 0 Å². The van der Waals surface area contributed by atoms with Crippen LogP contribution in [0.5, 0.6) is 0 Å². The van der Waals surface area contributed by atoms with Crippen molar-refractivity contribution in [3.05, 3.63) is 35.7 Å². The number of benzene rings is 1. The highest BCUT2D eigenvalue weighted by Gasteiger charge is 2.41. The van der Waals surface area contributed by atoms with E-state index >= 15 is 0 Å². The summed E-state index contributed by atoms with van der Waals surface area (Å²) < 4.78 is 11.5. The Balaban J connectivity index is 1.83. The standard InChI is InChI=1S/C17H22N2O3/c1-2-21-17(10-3-4-11-17)16-18-15(19-22-16)14-7-5-13(6-8-14)9-12-20/h5-8,20H,2-4,9-12H2,1H3. The van der Waals surface area contributed by atoms with Crippen LogP contribution in [0, 0.1) is 0 Å². The van der Waals surface area contributed by atoms with Gasteiger partial charge in [-0.2, -0.15) is 4.98 Å². The van der Waals surface area contributed by atoms with E-state index in [0.717, 1.165) is 36.8 Å². The largest absolute Gasteiger partial charge is 0.396 e. The predicted octanol–water partition coefficient (Wildman–Crippen LogP) is 3.08. The maximum absolute atomic E-state index is 8.96. The molecule has 1 aromatic carbocycles. The number of aliphatic hydroxyl groups is 1. The van der Waals surface area contributed by atoms with Crippen LogP contribution in [-0.4, -0.2) is 28.5 Å². The Hall–Kier alpha value is -1.72. The van der Waals surface area contributed by atoms with Gasteiger partial charge in [0.25, 0.3) is 5.89 Å². The average molecular weight is 302 g/mol. The summed E-state index contributed by atoms with van der Waals surface area (Å²) in [5.41, 5.74) is 1.62. The minimum Gasteiger partial charge on any atom is -0.396 e. The van der Waals surface area contributed by atoms with E-state index in [1.165, 1.54) is 0 Å². The van der Waals surface area contributed by atoms with Crippen molar-refractivity contribution in [3.8, 4) is 11.4 Å². The zero-order chi connectivity index (χ0) is 15.4. The molecule has 0 unspecified atom stereocenters. The van der Waals surface area contributed by atoms with E-state index in [1.807, 2.05) is 31.2 Å². The number of nitrogens with zero attached hydrogens (tertiary/aromatic N) is 2. The van der Waals surface area contributed by atoms with E-state index in [0.29, 0.717) is 24.7 Å². The van der Waals surface area contributed by atoms with Crippen LogP contribution in [-0.2, 0) is 16.8 Å². The fourth-order valence-electron chi connectivity index (χ4n) is 3.12. The molecule has 5 heteroatoms. The highest BCUT2D eigenvalue weighted by atomic mass is 16.5. The fourth-order valence-corrected chi connectivity index (χ4v) is 3.12. The Morgan fingerprint density at radius 1 is 1.23 bits per heavy atom. The summed E-state index contributed by atoms with van der Waals surface area (Å²) in [6.07, 6.45) is 4.81. The molecule has 0 radical (unpaired) electrons. The Kier molecular flexibility index (Phi) is 4.55. The lowest BCUT2D eigenvalue weighted by molar-refractivity contribution is -0.0610. The van der Waals surface area contributed by atoms with Crippen molar-refractivity contribution < 1.29 is 14.4 Å². The van der Waals surface area contributed by atoms with Crippen LogP contribution in [0.4, 0.5) is 0 Å². The van der Waals surface area contributed by atoms with Gasteiger partial charge in [0.1, 0.15) is 5.60 Å². The Bertz CT molecular complexity index is 601. The van der Waals surface area contributed by atoms with Gasteiger partial charge in [-0.15, -0.1) is 0 Å². The van der Waals surface area contributed by atoms with Gasteiger partial charge in [0.2, 0.25) is 5.82 Å². The molecule has 0 atom stereocenters. The summed E-state index contributed by atoms with van der Waals surface area (Å²) in [6, 6.07) is 7.88. The maximum atomic E-state index is 8.96. The third-order valence-corrected chi connectivity index (χ3v) is 4.26. The molecule has 118 valence electrons. The number of hydrogen-bond donors (Lipinski definition) is 1. The molecule has 3 rings (SSSR count). The van der Waals surface area contributed by atoms with Crippen LogP contribution >= 0.6 is 0 Å². The minimum atomic E-state index is -0.392. The van der Waals surface area contributed by atoms with Crippen LogP contribution in [0.25, 0.3) is 11.4 Å². The summed E-state index contributed by atoms with van der Waals surface area (Å²) in [7, 11) is 0. The van der Waals surface area contributed by atoms with Crippen LogP contribution in [0.15, 0.2) is 28.8 Å². The van der Waals surface area contributed by atoms with Gasteiger partial charge in [-0.3, -0.25) is 0 Å². The van der Waals surface area contributed by atoms with E-state index in [-0.39, 0.29) is 6.61 Å². The van der Waals surface area contributed by atoms with E-state index in [1.54, 1.807) is 0 Å². The average Bonchev–Trinajstić information content (AvgIpc) is 3.18.